The van der Waals surface area contributed by atoms with Crippen LogP contribution in [0, 0.1) is 6.92 Å². The Morgan fingerprint density at radius 3 is 2.79 bits per heavy atom. The van der Waals surface area contributed by atoms with E-state index in [4.69, 9.17) is 0 Å². The minimum absolute atomic E-state index is 0.147. The van der Waals surface area contributed by atoms with E-state index in [1.165, 1.54) is 22.2 Å². The van der Waals surface area contributed by atoms with Crippen LogP contribution in [0.4, 0.5) is 0 Å². The predicted octanol–water partition coefficient (Wildman–Crippen LogP) is 3.29. The summed E-state index contributed by atoms with van der Waals surface area (Å²) in [5, 5.41) is 4.26. The number of hydrogen-bond donors (Lipinski definition) is 1. The first-order chi connectivity index (χ1) is 9.15. The highest BCUT2D eigenvalue weighted by molar-refractivity contribution is 5.86. The molecule has 1 aromatic carbocycles. The average Bonchev–Trinajstić information content (AvgIpc) is 2.67. The number of unbranched alkanes of at least 4 members (excludes halogenated alkanes) is 1. The second kappa shape index (κ2) is 5.91. The second-order valence-corrected chi connectivity index (χ2v) is 5.02. The third-order valence-corrected chi connectivity index (χ3v) is 3.75. The summed E-state index contributed by atoms with van der Waals surface area (Å²) >= 11 is 0. The topological polar surface area (TPSA) is 34.0 Å². The SMILES string of the molecule is CCCCC(=O)NCc1c(C)n(C)c2ccccc12. The summed E-state index contributed by atoms with van der Waals surface area (Å²) in [7, 11) is 2.07. The Bertz CT molecular complexity index is 584. The molecular formula is C16H22N2O. The van der Waals surface area contributed by atoms with E-state index in [1.807, 2.05) is 12.1 Å². The van der Waals surface area contributed by atoms with Crippen LogP contribution in [0.25, 0.3) is 10.9 Å². The Kier molecular flexibility index (Phi) is 4.25. The van der Waals surface area contributed by atoms with Crippen molar-refractivity contribution in [3.05, 3.63) is 35.5 Å². The molecule has 3 nitrogen and oxygen atoms in total. The minimum atomic E-state index is 0.147. The zero-order valence-electron chi connectivity index (χ0n) is 12.0. The smallest absolute Gasteiger partial charge is 0.220 e. The van der Waals surface area contributed by atoms with Gasteiger partial charge in [0, 0.05) is 36.6 Å². The van der Waals surface area contributed by atoms with Crippen molar-refractivity contribution < 1.29 is 4.79 Å². The zero-order chi connectivity index (χ0) is 13.8. The van der Waals surface area contributed by atoms with E-state index in [1.54, 1.807) is 0 Å². The molecule has 0 saturated heterocycles. The summed E-state index contributed by atoms with van der Waals surface area (Å²) in [6, 6.07) is 8.33. The maximum absolute atomic E-state index is 11.7. The summed E-state index contributed by atoms with van der Waals surface area (Å²) in [6.45, 7) is 4.82. The Labute approximate surface area is 114 Å². The first-order valence-electron chi connectivity index (χ1n) is 6.94. The normalized spacial score (nSPS) is 10.9. The second-order valence-electron chi connectivity index (χ2n) is 5.02. The molecule has 0 bridgehead atoms. The number of hydrogen-bond acceptors (Lipinski definition) is 1. The number of para-hydroxylation sites is 1. The first kappa shape index (κ1) is 13.7. The molecule has 0 saturated carbocycles. The van der Waals surface area contributed by atoms with Crippen molar-refractivity contribution in [2.24, 2.45) is 7.05 Å². The van der Waals surface area contributed by atoms with Gasteiger partial charge in [-0.05, 0) is 25.0 Å². The molecule has 0 unspecified atom stereocenters. The number of carbonyl (C=O) groups excluding carboxylic acids is 1. The fourth-order valence-corrected chi connectivity index (χ4v) is 2.44. The number of aromatic nitrogens is 1. The van der Waals surface area contributed by atoms with Crippen LogP contribution >= 0.6 is 0 Å². The molecule has 1 amide bonds. The van der Waals surface area contributed by atoms with Crippen molar-refractivity contribution in [2.75, 3.05) is 0 Å². The average molecular weight is 258 g/mol. The Morgan fingerprint density at radius 2 is 2.05 bits per heavy atom. The molecule has 0 atom stereocenters. The Morgan fingerprint density at radius 1 is 1.32 bits per heavy atom. The van der Waals surface area contributed by atoms with Gasteiger partial charge < -0.3 is 9.88 Å². The van der Waals surface area contributed by atoms with Crippen molar-refractivity contribution in [2.45, 2.75) is 39.7 Å². The summed E-state index contributed by atoms with van der Waals surface area (Å²) in [5.41, 5.74) is 3.66. The van der Waals surface area contributed by atoms with Gasteiger partial charge in [0.15, 0.2) is 0 Å². The van der Waals surface area contributed by atoms with Crippen LogP contribution in [0.3, 0.4) is 0 Å². The van der Waals surface area contributed by atoms with Crippen LogP contribution in [-0.2, 0) is 18.4 Å². The fourth-order valence-electron chi connectivity index (χ4n) is 2.44. The molecule has 1 heterocycles. The lowest BCUT2D eigenvalue weighted by molar-refractivity contribution is -0.121. The predicted molar refractivity (Wildman–Crippen MR) is 79.0 cm³/mol. The Hall–Kier alpha value is -1.77. The van der Waals surface area contributed by atoms with Gasteiger partial charge in [0.05, 0.1) is 0 Å². The van der Waals surface area contributed by atoms with Crippen LogP contribution in [-0.4, -0.2) is 10.5 Å². The molecule has 0 radical (unpaired) electrons. The van der Waals surface area contributed by atoms with Crippen LogP contribution in [0.1, 0.15) is 37.4 Å². The van der Waals surface area contributed by atoms with Gasteiger partial charge in [-0.15, -0.1) is 0 Å². The van der Waals surface area contributed by atoms with Gasteiger partial charge in [-0.1, -0.05) is 31.5 Å². The van der Waals surface area contributed by atoms with Crippen molar-refractivity contribution in [1.29, 1.82) is 0 Å². The van der Waals surface area contributed by atoms with Crippen LogP contribution in [0.5, 0.6) is 0 Å². The van der Waals surface area contributed by atoms with Gasteiger partial charge in [0.1, 0.15) is 0 Å². The van der Waals surface area contributed by atoms with Crippen LogP contribution in [0.15, 0.2) is 24.3 Å². The lowest BCUT2D eigenvalue weighted by atomic mass is 10.1. The van der Waals surface area contributed by atoms with Gasteiger partial charge >= 0.3 is 0 Å². The highest BCUT2D eigenvalue weighted by Gasteiger charge is 2.11. The number of aryl methyl sites for hydroxylation is 1. The summed E-state index contributed by atoms with van der Waals surface area (Å²) < 4.78 is 2.18. The van der Waals surface area contributed by atoms with Gasteiger partial charge in [0.25, 0.3) is 0 Å². The summed E-state index contributed by atoms with van der Waals surface area (Å²) in [4.78, 5) is 11.7. The molecule has 0 aliphatic rings. The maximum Gasteiger partial charge on any atom is 0.220 e. The number of benzene rings is 1. The lowest BCUT2D eigenvalue weighted by Crippen LogP contribution is -2.22. The molecule has 1 N–H and O–H groups in total. The van der Waals surface area contributed by atoms with Crippen molar-refractivity contribution in [1.82, 2.24) is 9.88 Å². The highest BCUT2D eigenvalue weighted by Crippen LogP contribution is 2.24. The molecule has 1 aromatic heterocycles. The van der Waals surface area contributed by atoms with Crippen molar-refractivity contribution in [3.63, 3.8) is 0 Å². The van der Waals surface area contributed by atoms with E-state index in [2.05, 4.69) is 42.9 Å². The third-order valence-electron chi connectivity index (χ3n) is 3.75. The van der Waals surface area contributed by atoms with Crippen molar-refractivity contribution in [3.8, 4) is 0 Å². The van der Waals surface area contributed by atoms with E-state index in [9.17, 15) is 4.79 Å². The van der Waals surface area contributed by atoms with Crippen molar-refractivity contribution >= 4 is 16.8 Å². The van der Waals surface area contributed by atoms with E-state index < -0.39 is 0 Å². The molecule has 0 spiro atoms. The standard InChI is InChI=1S/C16H22N2O/c1-4-5-10-16(19)17-11-14-12(2)18(3)15-9-7-6-8-13(14)15/h6-9H,4-5,10-11H2,1-3H3,(H,17,19). The number of carbonyl (C=O) groups is 1. The number of rotatable bonds is 5. The van der Waals surface area contributed by atoms with Gasteiger partial charge in [-0.2, -0.15) is 0 Å². The number of fused-ring (bicyclic) bond motifs is 1. The van der Waals surface area contributed by atoms with Gasteiger partial charge in [-0.25, -0.2) is 0 Å². The molecule has 2 aromatic rings. The van der Waals surface area contributed by atoms with Gasteiger partial charge in [0.2, 0.25) is 5.91 Å². The molecule has 3 heteroatoms. The van der Waals surface area contributed by atoms with Crippen LogP contribution < -0.4 is 5.32 Å². The van der Waals surface area contributed by atoms with Gasteiger partial charge in [-0.3, -0.25) is 4.79 Å². The zero-order valence-corrected chi connectivity index (χ0v) is 12.0. The van der Waals surface area contributed by atoms with E-state index >= 15 is 0 Å². The fraction of sp³-hybridized carbons (Fsp3) is 0.438. The van der Waals surface area contributed by atoms with E-state index in [0.29, 0.717) is 13.0 Å². The Balaban J connectivity index is 2.17. The largest absolute Gasteiger partial charge is 0.352 e. The lowest BCUT2D eigenvalue weighted by Gasteiger charge is -2.05. The summed E-state index contributed by atoms with van der Waals surface area (Å²) in [5.74, 6) is 0.147. The molecule has 19 heavy (non-hydrogen) atoms. The van der Waals surface area contributed by atoms with E-state index in [0.717, 1.165) is 12.8 Å². The quantitative estimate of drug-likeness (QED) is 0.877. The molecule has 102 valence electrons. The van der Waals surface area contributed by atoms with E-state index in [-0.39, 0.29) is 5.91 Å². The summed E-state index contributed by atoms with van der Waals surface area (Å²) in [6.07, 6.45) is 2.64. The maximum atomic E-state index is 11.7. The minimum Gasteiger partial charge on any atom is -0.352 e. The molecular weight excluding hydrogens is 236 g/mol. The molecule has 2 rings (SSSR count). The molecule has 0 fully saturated rings. The first-order valence-corrected chi connectivity index (χ1v) is 6.94. The highest BCUT2D eigenvalue weighted by atomic mass is 16.1. The molecule has 0 aliphatic heterocycles. The van der Waals surface area contributed by atoms with Crippen LogP contribution in [0.2, 0.25) is 0 Å². The monoisotopic (exact) mass is 258 g/mol. The third kappa shape index (κ3) is 2.80. The number of nitrogens with zero attached hydrogens (tertiary/aromatic N) is 1. The number of nitrogens with one attached hydrogen (secondary N) is 1. The number of amides is 1. The molecule has 0 aliphatic carbocycles.